The van der Waals surface area contributed by atoms with Crippen LogP contribution in [-0.2, 0) is 4.79 Å². The highest BCUT2D eigenvalue weighted by molar-refractivity contribution is 5.76. The van der Waals surface area contributed by atoms with Crippen molar-refractivity contribution in [2.75, 3.05) is 6.61 Å². The second-order valence-electron chi connectivity index (χ2n) is 13.7. The number of unbranched alkanes of at least 4 members (excludes halogenated alkanes) is 27. The van der Waals surface area contributed by atoms with Gasteiger partial charge in [-0.3, -0.25) is 4.79 Å². The lowest BCUT2D eigenvalue weighted by Gasteiger charge is -2.19. The van der Waals surface area contributed by atoms with Gasteiger partial charge in [0.25, 0.3) is 0 Å². The van der Waals surface area contributed by atoms with E-state index >= 15 is 0 Å². The standard InChI is InChI=1S/C41H79NO3/c1-3-5-7-9-10-11-12-13-14-15-16-17-18-19-20-21-22-23-24-25-26-27-28-29-30-31-32-33-34-36-40(44)39(38-43)42-41(45)37-35-8-6-4-2/h30-31,34,36,39-40,43-44H,3-29,32-33,35,37-38H2,1-2H3,(H,42,45)/b31-30+,36-34+. The predicted octanol–water partition coefficient (Wildman–Crippen LogP) is 12.1. The Balaban J connectivity index is 3.41. The summed E-state index contributed by atoms with van der Waals surface area (Å²) in [6.45, 7) is 4.18. The quantitative estimate of drug-likeness (QED) is 0.0475. The lowest BCUT2D eigenvalue weighted by atomic mass is 10.0. The van der Waals surface area contributed by atoms with Crippen LogP contribution in [0.1, 0.15) is 213 Å². The van der Waals surface area contributed by atoms with Crippen molar-refractivity contribution in [1.82, 2.24) is 5.32 Å². The molecule has 0 heterocycles. The molecule has 0 aliphatic rings. The van der Waals surface area contributed by atoms with Crippen LogP contribution in [0.25, 0.3) is 0 Å². The molecule has 2 atom stereocenters. The Morgan fingerprint density at radius 1 is 0.511 bits per heavy atom. The average Bonchev–Trinajstić information content (AvgIpc) is 3.04. The number of allylic oxidation sites excluding steroid dienone is 3. The van der Waals surface area contributed by atoms with Crippen molar-refractivity contribution in [3.63, 3.8) is 0 Å². The third-order valence-corrected chi connectivity index (χ3v) is 9.19. The van der Waals surface area contributed by atoms with Gasteiger partial charge in [0.15, 0.2) is 0 Å². The zero-order valence-electron chi connectivity index (χ0n) is 30.4. The molecule has 0 fully saturated rings. The first-order valence-corrected chi connectivity index (χ1v) is 20.1. The molecule has 266 valence electrons. The van der Waals surface area contributed by atoms with Crippen molar-refractivity contribution < 1.29 is 15.0 Å². The molecule has 2 unspecified atom stereocenters. The summed E-state index contributed by atoms with van der Waals surface area (Å²) >= 11 is 0. The van der Waals surface area contributed by atoms with Gasteiger partial charge in [0.05, 0.1) is 18.8 Å². The lowest BCUT2D eigenvalue weighted by molar-refractivity contribution is -0.123. The highest BCUT2D eigenvalue weighted by atomic mass is 16.3. The maximum atomic E-state index is 12.0. The first-order valence-electron chi connectivity index (χ1n) is 20.1. The van der Waals surface area contributed by atoms with Crippen LogP contribution in [0.2, 0.25) is 0 Å². The van der Waals surface area contributed by atoms with Crippen LogP contribution in [0.3, 0.4) is 0 Å². The summed E-state index contributed by atoms with van der Waals surface area (Å²) in [6, 6.07) is -0.630. The number of aliphatic hydroxyl groups excluding tert-OH is 2. The summed E-state index contributed by atoms with van der Waals surface area (Å²) in [4.78, 5) is 12.0. The fourth-order valence-electron chi connectivity index (χ4n) is 6.08. The molecule has 0 aromatic rings. The zero-order chi connectivity index (χ0) is 32.9. The van der Waals surface area contributed by atoms with E-state index in [-0.39, 0.29) is 12.5 Å². The normalized spacial score (nSPS) is 13.2. The van der Waals surface area contributed by atoms with Gasteiger partial charge >= 0.3 is 0 Å². The molecule has 0 rings (SSSR count). The van der Waals surface area contributed by atoms with E-state index in [2.05, 4.69) is 31.3 Å². The van der Waals surface area contributed by atoms with E-state index in [9.17, 15) is 15.0 Å². The SMILES string of the molecule is CCCCCCCCCCCCCCCCCCCCCCCCC/C=C/CC/C=C/C(O)C(CO)NC(=O)CCCCCC. The summed E-state index contributed by atoms with van der Waals surface area (Å²) in [6.07, 6.45) is 47.8. The number of carbonyl (C=O) groups excluding carboxylic acids is 1. The van der Waals surface area contributed by atoms with Gasteiger partial charge in [-0.1, -0.05) is 199 Å². The summed E-state index contributed by atoms with van der Waals surface area (Å²) in [5, 5.41) is 22.6. The molecule has 1 amide bonds. The Morgan fingerprint density at radius 3 is 1.29 bits per heavy atom. The Bertz CT molecular complexity index is 647. The van der Waals surface area contributed by atoms with E-state index in [1.54, 1.807) is 6.08 Å². The molecule has 3 N–H and O–H groups in total. The van der Waals surface area contributed by atoms with E-state index in [0.717, 1.165) is 44.9 Å². The van der Waals surface area contributed by atoms with Crippen LogP contribution in [-0.4, -0.2) is 34.9 Å². The molecule has 0 aromatic heterocycles. The van der Waals surface area contributed by atoms with E-state index in [4.69, 9.17) is 0 Å². The minimum absolute atomic E-state index is 0.0916. The highest BCUT2D eigenvalue weighted by Crippen LogP contribution is 2.16. The number of carbonyl (C=O) groups is 1. The monoisotopic (exact) mass is 634 g/mol. The summed E-state index contributed by atoms with van der Waals surface area (Å²) in [7, 11) is 0. The summed E-state index contributed by atoms with van der Waals surface area (Å²) in [5.41, 5.74) is 0. The lowest BCUT2D eigenvalue weighted by Crippen LogP contribution is -2.45. The maximum absolute atomic E-state index is 12.0. The average molecular weight is 634 g/mol. The largest absolute Gasteiger partial charge is 0.394 e. The summed E-state index contributed by atoms with van der Waals surface area (Å²) in [5.74, 6) is -0.0916. The minimum atomic E-state index is -0.854. The molecule has 0 saturated carbocycles. The molecular weight excluding hydrogens is 554 g/mol. The fourth-order valence-corrected chi connectivity index (χ4v) is 6.08. The van der Waals surface area contributed by atoms with Crippen molar-refractivity contribution in [2.24, 2.45) is 0 Å². The first-order chi connectivity index (χ1) is 22.2. The molecule has 0 aromatic carbocycles. The van der Waals surface area contributed by atoms with Crippen molar-refractivity contribution in [3.05, 3.63) is 24.3 Å². The Kier molecular flexibility index (Phi) is 36.4. The van der Waals surface area contributed by atoms with E-state index in [1.165, 1.54) is 148 Å². The van der Waals surface area contributed by atoms with E-state index in [1.807, 2.05) is 6.08 Å². The number of aliphatic hydroxyl groups is 2. The Hall–Kier alpha value is -1.13. The van der Waals surface area contributed by atoms with Gasteiger partial charge in [-0.25, -0.2) is 0 Å². The number of rotatable bonds is 36. The van der Waals surface area contributed by atoms with Gasteiger partial charge in [-0.2, -0.15) is 0 Å². The third-order valence-electron chi connectivity index (χ3n) is 9.19. The zero-order valence-corrected chi connectivity index (χ0v) is 30.4. The van der Waals surface area contributed by atoms with Crippen molar-refractivity contribution in [1.29, 1.82) is 0 Å². The molecule has 4 nitrogen and oxygen atoms in total. The molecule has 0 aliphatic heterocycles. The molecule has 4 heteroatoms. The fraction of sp³-hybridized carbons (Fsp3) is 0.878. The van der Waals surface area contributed by atoms with Gasteiger partial charge < -0.3 is 15.5 Å². The molecule has 0 spiro atoms. The third kappa shape index (κ3) is 34.0. The molecular formula is C41H79NO3. The predicted molar refractivity (Wildman–Crippen MR) is 198 cm³/mol. The Morgan fingerprint density at radius 2 is 0.867 bits per heavy atom. The van der Waals surface area contributed by atoms with Gasteiger partial charge in [0.2, 0.25) is 5.91 Å². The van der Waals surface area contributed by atoms with Crippen LogP contribution in [0.4, 0.5) is 0 Å². The number of nitrogens with one attached hydrogen (secondary N) is 1. The molecule has 0 aliphatic carbocycles. The van der Waals surface area contributed by atoms with Crippen LogP contribution >= 0.6 is 0 Å². The molecule has 0 radical (unpaired) electrons. The van der Waals surface area contributed by atoms with Gasteiger partial charge in [0.1, 0.15) is 0 Å². The van der Waals surface area contributed by atoms with Crippen LogP contribution in [0, 0.1) is 0 Å². The first kappa shape index (κ1) is 43.9. The van der Waals surface area contributed by atoms with Gasteiger partial charge in [-0.05, 0) is 32.1 Å². The van der Waals surface area contributed by atoms with Crippen molar-refractivity contribution in [3.8, 4) is 0 Å². The second kappa shape index (κ2) is 37.3. The van der Waals surface area contributed by atoms with Crippen molar-refractivity contribution in [2.45, 2.75) is 225 Å². The minimum Gasteiger partial charge on any atom is -0.394 e. The van der Waals surface area contributed by atoms with E-state index < -0.39 is 12.1 Å². The van der Waals surface area contributed by atoms with E-state index in [0.29, 0.717) is 6.42 Å². The number of amides is 1. The number of hydrogen-bond donors (Lipinski definition) is 3. The number of hydrogen-bond acceptors (Lipinski definition) is 3. The molecule has 0 bridgehead atoms. The van der Waals surface area contributed by atoms with Gasteiger partial charge in [0, 0.05) is 6.42 Å². The highest BCUT2D eigenvalue weighted by Gasteiger charge is 2.17. The van der Waals surface area contributed by atoms with Crippen LogP contribution in [0.5, 0.6) is 0 Å². The van der Waals surface area contributed by atoms with Crippen LogP contribution < -0.4 is 5.32 Å². The maximum Gasteiger partial charge on any atom is 0.220 e. The second-order valence-corrected chi connectivity index (χ2v) is 13.7. The smallest absolute Gasteiger partial charge is 0.220 e. The van der Waals surface area contributed by atoms with Crippen LogP contribution in [0.15, 0.2) is 24.3 Å². The van der Waals surface area contributed by atoms with Crippen molar-refractivity contribution >= 4 is 5.91 Å². The van der Waals surface area contributed by atoms with Gasteiger partial charge in [-0.15, -0.1) is 0 Å². The summed E-state index contributed by atoms with van der Waals surface area (Å²) < 4.78 is 0. The Labute approximate surface area is 281 Å². The topological polar surface area (TPSA) is 69.6 Å². The molecule has 45 heavy (non-hydrogen) atoms. The molecule has 0 saturated heterocycles.